The largest absolute Gasteiger partial charge is 0.444 e. The van der Waals surface area contributed by atoms with Crippen molar-refractivity contribution in [1.82, 2.24) is 20.0 Å². The molecule has 2 amide bonds. The highest BCUT2D eigenvalue weighted by atomic mass is 16.6. The maximum atomic E-state index is 12.8. The van der Waals surface area contributed by atoms with Gasteiger partial charge in [-0.1, -0.05) is 24.3 Å². The number of aromatic nitrogens is 2. The van der Waals surface area contributed by atoms with E-state index in [2.05, 4.69) is 17.4 Å². The molecule has 7 heteroatoms. The summed E-state index contributed by atoms with van der Waals surface area (Å²) in [5.74, 6) is 0.144. The first-order valence-corrected chi connectivity index (χ1v) is 12.3. The fourth-order valence-corrected chi connectivity index (χ4v) is 4.41. The first-order chi connectivity index (χ1) is 16.4. The van der Waals surface area contributed by atoms with E-state index in [1.165, 1.54) is 5.56 Å². The van der Waals surface area contributed by atoms with Gasteiger partial charge in [0.1, 0.15) is 11.1 Å². The normalized spacial score (nSPS) is 16.9. The summed E-state index contributed by atoms with van der Waals surface area (Å²) in [6.07, 6.45) is 3.70. The van der Waals surface area contributed by atoms with Crippen LogP contribution in [0.1, 0.15) is 76.2 Å². The van der Waals surface area contributed by atoms with Gasteiger partial charge in [-0.15, -0.1) is 0 Å². The van der Waals surface area contributed by atoms with Gasteiger partial charge in [0.05, 0.1) is 11.3 Å². The molecule has 0 aliphatic carbocycles. The number of hydrogen-bond acceptors (Lipinski definition) is 4. The van der Waals surface area contributed by atoms with Crippen molar-refractivity contribution < 1.29 is 14.3 Å². The van der Waals surface area contributed by atoms with Crippen molar-refractivity contribution in [3.8, 4) is 5.69 Å². The third kappa shape index (κ3) is 6.02. The molecule has 0 radical (unpaired) electrons. The van der Waals surface area contributed by atoms with Crippen LogP contribution < -0.4 is 5.32 Å². The molecule has 2 heterocycles. The topological polar surface area (TPSA) is 76.5 Å². The molecule has 2 aromatic carbocycles. The first kappa shape index (κ1) is 24.8. The van der Waals surface area contributed by atoms with Crippen LogP contribution in [0.4, 0.5) is 4.79 Å². The SMILES string of the molecule is CC(C)(C)NC(=O)c1cccc2cn(-c3ccc([C@@H]4CCCN(C(=O)OC(C)(C)C)C4)cc3)nc12. The minimum Gasteiger partial charge on any atom is -0.444 e. The van der Waals surface area contributed by atoms with Crippen LogP contribution in [0.5, 0.6) is 0 Å². The van der Waals surface area contributed by atoms with Gasteiger partial charge in [0.2, 0.25) is 0 Å². The van der Waals surface area contributed by atoms with Gasteiger partial charge < -0.3 is 15.0 Å². The summed E-state index contributed by atoms with van der Waals surface area (Å²) in [6, 6.07) is 14.0. The fraction of sp³-hybridized carbons (Fsp3) is 0.464. The van der Waals surface area contributed by atoms with Crippen LogP contribution in [0.3, 0.4) is 0 Å². The fourth-order valence-electron chi connectivity index (χ4n) is 4.41. The highest BCUT2D eigenvalue weighted by Crippen LogP contribution is 2.29. The Morgan fingerprint density at radius 1 is 1.03 bits per heavy atom. The quantitative estimate of drug-likeness (QED) is 0.529. The van der Waals surface area contributed by atoms with Crippen LogP contribution in [-0.4, -0.2) is 50.9 Å². The third-order valence-electron chi connectivity index (χ3n) is 5.97. The van der Waals surface area contributed by atoms with Crippen LogP contribution >= 0.6 is 0 Å². The van der Waals surface area contributed by atoms with Gasteiger partial charge in [-0.3, -0.25) is 4.79 Å². The number of nitrogens with zero attached hydrogens (tertiary/aromatic N) is 3. The standard InChI is InChI=1S/C28H36N4O3/c1-27(2,3)29-25(33)23-11-7-9-21-18-32(30-24(21)23)22-14-12-19(13-15-22)20-10-8-16-31(17-20)26(34)35-28(4,5)6/h7,9,11-15,18,20H,8,10,16-17H2,1-6H3,(H,29,33)/t20-/m1/s1. The Bertz CT molecular complexity index is 1220. The minimum atomic E-state index is -0.494. The molecule has 1 N–H and O–H groups in total. The first-order valence-electron chi connectivity index (χ1n) is 12.3. The van der Waals surface area contributed by atoms with Gasteiger partial charge in [-0.25, -0.2) is 9.48 Å². The van der Waals surface area contributed by atoms with E-state index in [9.17, 15) is 9.59 Å². The van der Waals surface area contributed by atoms with Crippen LogP contribution in [-0.2, 0) is 4.74 Å². The summed E-state index contributed by atoms with van der Waals surface area (Å²) in [5.41, 5.74) is 2.55. The molecule has 4 rings (SSSR count). The van der Waals surface area contributed by atoms with E-state index in [1.807, 2.05) is 87.7 Å². The van der Waals surface area contributed by atoms with Gasteiger partial charge >= 0.3 is 6.09 Å². The lowest BCUT2D eigenvalue weighted by Crippen LogP contribution is -2.42. The van der Waals surface area contributed by atoms with Gasteiger partial charge in [0.25, 0.3) is 5.91 Å². The zero-order valence-electron chi connectivity index (χ0n) is 21.6. The molecule has 0 bridgehead atoms. The second kappa shape index (κ2) is 9.36. The second-order valence-corrected chi connectivity index (χ2v) is 11.4. The van der Waals surface area contributed by atoms with Gasteiger partial charge in [-0.2, -0.15) is 5.10 Å². The summed E-state index contributed by atoms with van der Waals surface area (Å²) >= 11 is 0. The zero-order valence-corrected chi connectivity index (χ0v) is 21.6. The monoisotopic (exact) mass is 476 g/mol. The van der Waals surface area contributed by atoms with Crippen molar-refractivity contribution >= 4 is 22.9 Å². The smallest absolute Gasteiger partial charge is 0.410 e. The molecule has 1 saturated heterocycles. The highest BCUT2D eigenvalue weighted by molar-refractivity contribution is 6.05. The number of benzene rings is 2. The average molecular weight is 477 g/mol. The molecule has 0 unspecified atom stereocenters. The van der Waals surface area contributed by atoms with Crippen LogP contribution in [0, 0.1) is 0 Å². The molecule has 0 spiro atoms. The molecular formula is C28H36N4O3. The van der Waals surface area contributed by atoms with E-state index in [0.717, 1.165) is 30.5 Å². The summed E-state index contributed by atoms with van der Waals surface area (Å²) < 4.78 is 7.38. The van der Waals surface area contributed by atoms with E-state index in [4.69, 9.17) is 9.84 Å². The maximum absolute atomic E-state index is 12.8. The Hall–Kier alpha value is -3.35. The van der Waals surface area contributed by atoms with E-state index in [-0.39, 0.29) is 23.5 Å². The summed E-state index contributed by atoms with van der Waals surface area (Å²) in [5, 5.41) is 8.66. The number of likely N-dealkylation sites (tertiary alicyclic amines) is 1. The van der Waals surface area contributed by atoms with E-state index < -0.39 is 5.60 Å². The Morgan fingerprint density at radius 3 is 2.40 bits per heavy atom. The number of amides is 2. The molecule has 3 aromatic rings. The summed E-state index contributed by atoms with van der Waals surface area (Å²) in [4.78, 5) is 27.1. The van der Waals surface area contributed by atoms with Crippen LogP contribution in [0.2, 0.25) is 0 Å². The average Bonchev–Trinajstić information content (AvgIpc) is 3.21. The molecule has 186 valence electrons. The predicted octanol–water partition coefficient (Wildman–Crippen LogP) is 5.67. The lowest BCUT2D eigenvalue weighted by molar-refractivity contribution is 0.0198. The van der Waals surface area contributed by atoms with Gasteiger partial charge in [-0.05, 0) is 78.1 Å². The van der Waals surface area contributed by atoms with Crippen molar-refractivity contribution in [2.24, 2.45) is 0 Å². The van der Waals surface area contributed by atoms with Crippen molar-refractivity contribution in [2.45, 2.75) is 71.4 Å². The lowest BCUT2D eigenvalue weighted by atomic mass is 9.91. The van der Waals surface area contributed by atoms with E-state index in [1.54, 1.807) is 0 Å². The molecule has 0 saturated carbocycles. The van der Waals surface area contributed by atoms with Crippen molar-refractivity contribution in [2.75, 3.05) is 13.1 Å². The number of nitrogens with one attached hydrogen (secondary N) is 1. The Labute approximate surface area is 207 Å². The number of piperidine rings is 1. The number of rotatable bonds is 3. The van der Waals surface area contributed by atoms with Gasteiger partial charge in [0.15, 0.2) is 0 Å². The Morgan fingerprint density at radius 2 is 1.74 bits per heavy atom. The number of hydrogen-bond donors (Lipinski definition) is 1. The number of carbonyl (C=O) groups excluding carboxylic acids is 2. The molecule has 1 atom stereocenters. The van der Waals surface area contributed by atoms with Crippen molar-refractivity contribution in [1.29, 1.82) is 0 Å². The minimum absolute atomic E-state index is 0.129. The van der Waals surface area contributed by atoms with Gasteiger partial charge in [0, 0.05) is 36.1 Å². The molecule has 35 heavy (non-hydrogen) atoms. The van der Waals surface area contributed by atoms with Crippen LogP contribution in [0.25, 0.3) is 16.6 Å². The number of carbonyl (C=O) groups is 2. The highest BCUT2D eigenvalue weighted by Gasteiger charge is 2.28. The Balaban J connectivity index is 1.52. The summed E-state index contributed by atoms with van der Waals surface area (Å²) in [6.45, 7) is 13.0. The molecule has 1 aliphatic rings. The van der Waals surface area contributed by atoms with E-state index in [0.29, 0.717) is 17.6 Å². The van der Waals surface area contributed by atoms with Crippen LogP contribution in [0.15, 0.2) is 48.7 Å². The van der Waals surface area contributed by atoms with E-state index >= 15 is 0 Å². The predicted molar refractivity (Wildman–Crippen MR) is 138 cm³/mol. The van der Waals surface area contributed by atoms with Crippen molar-refractivity contribution in [3.05, 3.63) is 59.8 Å². The zero-order chi connectivity index (χ0) is 25.4. The third-order valence-corrected chi connectivity index (χ3v) is 5.97. The number of fused-ring (bicyclic) bond motifs is 1. The number of ether oxygens (including phenoxy) is 1. The van der Waals surface area contributed by atoms with Crippen molar-refractivity contribution in [3.63, 3.8) is 0 Å². The second-order valence-electron chi connectivity index (χ2n) is 11.4. The summed E-state index contributed by atoms with van der Waals surface area (Å²) in [7, 11) is 0. The molecule has 1 fully saturated rings. The molecular weight excluding hydrogens is 440 g/mol. The molecule has 7 nitrogen and oxygen atoms in total. The maximum Gasteiger partial charge on any atom is 0.410 e. The Kier molecular flexibility index (Phi) is 6.62. The molecule has 1 aromatic heterocycles. The lowest BCUT2D eigenvalue weighted by Gasteiger charge is -2.34. The molecule has 1 aliphatic heterocycles.